The fraction of sp³-hybridized carbons (Fsp3) is 0.300. The van der Waals surface area contributed by atoms with E-state index >= 15 is 0 Å². The van der Waals surface area contributed by atoms with Crippen molar-refractivity contribution in [2.75, 3.05) is 13.1 Å². The Morgan fingerprint density at radius 2 is 2.22 bits per heavy atom. The summed E-state index contributed by atoms with van der Waals surface area (Å²) in [6.45, 7) is 1.12. The Morgan fingerprint density at radius 3 is 2.78 bits per heavy atom. The normalized spacial score (nSPS) is 15.7. The first kappa shape index (κ1) is 11.1. The minimum absolute atomic E-state index is 0.161. The molecule has 0 radical (unpaired) electrons. The maximum absolute atomic E-state index is 12.0. The van der Waals surface area contributed by atoms with Crippen LogP contribution in [0, 0.1) is 0 Å². The van der Waals surface area contributed by atoms with Crippen molar-refractivity contribution in [3.63, 3.8) is 0 Å². The summed E-state index contributed by atoms with van der Waals surface area (Å²) in [4.78, 5) is 24.6. The molecule has 0 bridgehead atoms. The van der Waals surface area contributed by atoms with Gasteiger partial charge in [-0.2, -0.15) is 5.10 Å². The Labute approximate surface area is 106 Å². The summed E-state index contributed by atoms with van der Waals surface area (Å²) in [6.07, 6.45) is 1.40. The van der Waals surface area contributed by atoms with Crippen LogP contribution in [0.5, 0.6) is 0 Å². The molecule has 0 aliphatic carbocycles. The van der Waals surface area contributed by atoms with E-state index in [2.05, 4.69) is 20.4 Å². The molecule has 0 atom stereocenters. The summed E-state index contributed by atoms with van der Waals surface area (Å²) in [5.74, 6) is -0.0128. The highest BCUT2D eigenvalue weighted by Crippen LogP contribution is 2.27. The summed E-state index contributed by atoms with van der Waals surface area (Å²) in [6, 6.07) is 1.51. The van der Waals surface area contributed by atoms with Gasteiger partial charge in [-0.3, -0.25) is 19.8 Å². The minimum Gasteiger partial charge on any atom is -0.336 e. The number of carbonyl (C=O) groups excluding carboxylic acids is 1. The second kappa shape index (κ2) is 4.02. The maximum atomic E-state index is 12.0. The molecule has 8 heteroatoms. The second-order valence-electron chi connectivity index (χ2n) is 4.21. The van der Waals surface area contributed by atoms with E-state index in [1.54, 1.807) is 4.90 Å². The van der Waals surface area contributed by atoms with Gasteiger partial charge in [0.05, 0.1) is 11.2 Å². The van der Waals surface area contributed by atoms with Crippen molar-refractivity contribution >= 4 is 17.5 Å². The fourth-order valence-corrected chi connectivity index (χ4v) is 2.16. The SMILES string of the molecule is O=C(c1[nH]ncc1Cl)N1CC(c2cc(=O)[nH][nH]2)C1. The van der Waals surface area contributed by atoms with Gasteiger partial charge >= 0.3 is 0 Å². The minimum atomic E-state index is -0.174. The highest BCUT2D eigenvalue weighted by molar-refractivity contribution is 6.33. The van der Waals surface area contributed by atoms with Gasteiger partial charge < -0.3 is 10.00 Å². The quantitative estimate of drug-likeness (QED) is 0.731. The van der Waals surface area contributed by atoms with Crippen molar-refractivity contribution in [1.82, 2.24) is 25.3 Å². The molecule has 18 heavy (non-hydrogen) atoms. The van der Waals surface area contributed by atoms with Crippen LogP contribution < -0.4 is 5.56 Å². The Bertz CT molecular complexity index is 636. The van der Waals surface area contributed by atoms with Crippen LogP contribution in [0.25, 0.3) is 0 Å². The van der Waals surface area contributed by atoms with Gasteiger partial charge in [0.15, 0.2) is 0 Å². The van der Waals surface area contributed by atoms with Crippen LogP contribution in [0.4, 0.5) is 0 Å². The summed E-state index contributed by atoms with van der Waals surface area (Å²) >= 11 is 5.82. The molecule has 0 unspecified atom stereocenters. The maximum Gasteiger partial charge on any atom is 0.273 e. The smallest absolute Gasteiger partial charge is 0.273 e. The van der Waals surface area contributed by atoms with E-state index in [1.165, 1.54) is 12.3 Å². The molecule has 3 heterocycles. The van der Waals surface area contributed by atoms with E-state index in [9.17, 15) is 9.59 Å². The zero-order chi connectivity index (χ0) is 12.7. The van der Waals surface area contributed by atoms with Crippen LogP contribution in [-0.4, -0.2) is 44.3 Å². The number of hydrogen-bond donors (Lipinski definition) is 3. The Balaban J connectivity index is 1.67. The number of halogens is 1. The number of amides is 1. The Morgan fingerprint density at radius 1 is 1.44 bits per heavy atom. The molecule has 3 rings (SSSR count). The van der Waals surface area contributed by atoms with E-state index in [4.69, 9.17) is 11.6 Å². The predicted molar refractivity (Wildman–Crippen MR) is 63.7 cm³/mol. The van der Waals surface area contributed by atoms with E-state index in [-0.39, 0.29) is 17.4 Å². The highest BCUT2D eigenvalue weighted by Gasteiger charge is 2.34. The van der Waals surface area contributed by atoms with Gasteiger partial charge in [-0.15, -0.1) is 0 Å². The second-order valence-corrected chi connectivity index (χ2v) is 4.62. The van der Waals surface area contributed by atoms with E-state index in [0.717, 1.165) is 5.69 Å². The van der Waals surface area contributed by atoms with Crippen molar-refractivity contribution in [3.05, 3.63) is 39.0 Å². The summed E-state index contributed by atoms with van der Waals surface area (Å²) in [5.41, 5.74) is 0.962. The van der Waals surface area contributed by atoms with Crippen molar-refractivity contribution in [1.29, 1.82) is 0 Å². The van der Waals surface area contributed by atoms with E-state index in [1.807, 2.05) is 0 Å². The molecular formula is C10H10ClN5O2. The van der Waals surface area contributed by atoms with Crippen molar-refractivity contribution in [2.45, 2.75) is 5.92 Å². The molecule has 0 spiro atoms. The molecule has 2 aromatic rings. The number of nitrogens with zero attached hydrogens (tertiary/aromatic N) is 2. The van der Waals surface area contributed by atoms with E-state index < -0.39 is 0 Å². The lowest BCUT2D eigenvalue weighted by molar-refractivity contribution is 0.0592. The van der Waals surface area contributed by atoms with Crippen LogP contribution >= 0.6 is 11.6 Å². The number of carbonyl (C=O) groups is 1. The topological polar surface area (TPSA) is 97.6 Å². The molecule has 2 aromatic heterocycles. The Hall–Kier alpha value is -2.02. The third kappa shape index (κ3) is 1.72. The number of hydrogen-bond acceptors (Lipinski definition) is 3. The first-order chi connectivity index (χ1) is 8.65. The average molecular weight is 268 g/mol. The van der Waals surface area contributed by atoms with Crippen LogP contribution in [0.2, 0.25) is 5.02 Å². The lowest BCUT2D eigenvalue weighted by Gasteiger charge is -2.38. The van der Waals surface area contributed by atoms with Crippen molar-refractivity contribution < 1.29 is 4.79 Å². The number of rotatable bonds is 2. The van der Waals surface area contributed by atoms with Gasteiger partial charge in [-0.25, -0.2) is 0 Å². The molecule has 1 aliphatic rings. The predicted octanol–water partition coefficient (Wildman–Crippen LogP) is 0.319. The third-order valence-electron chi connectivity index (χ3n) is 3.03. The van der Waals surface area contributed by atoms with Gasteiger partial charge in [0.1, 0.15) is 5.69 Å². The number of aromatic nitrogens is 4. The molecule has 7 nitrogen and oxygen atoms in total. The van der Waals surface area contributed by atoms with Crippen LogP contribution in [0.1, 0.15) is 22.1 Å². The number of aromatic amines is 3. The van der Waals surface area contributed by atoms with Gasteiger partial charge in [0, 0.05) is 30.8 Å². The first-order valence-electron chi connectivity index (χ1n) is 5.41. The zero-order valence-electron chi connectivity index (χ0n) is 9.24. The zero-order valence-corrected chi connectivity index (χ0v) is 9.99. The standard InChI is InChI=1S/C10H10ClN5O2/c11-6-2-12-15-9(6)10(18)16-3-5(4-16)7-1-8(17)14-13-7/h1-2,5H,3-4H2,(H,12,15)(H2,13,14,17). The molecular weight excluding hydrogens is 258 g/mol. The van der Waals surface area contributed by atoms with Gasteiger partial charge in [0.2, 0.25) is 0 Å². The molecule has 1 saturated heterocycles. The number of nitrogens with one attached hydrogen (secondary N) is 3. The molecule has 1 aliphatic heterocycles. The highest BCUT2D eigenvalue weighted by atomic mass is 35.5. The molecule has 94 valence electrons. The third-order valence-corrected chi connectivity index (χ3v) is 3.32. The number of H-pyrrole nitrogens is 3. The molecule has 1 amide bonds. The molecule has 0 saturated carbocycles. The fourth-order valence-electron chi connectivity index (χ4n) is 1.99. The van der Waals surface area contributed by atoms with E-state index in [0.29, 0.717) is 23.8 Å². The Kier molecular flexibility index (Phi) is 2.48. The monoisotopic (exact) mass is 267 g/mol. The summed E-state index contributed by atoms with van der Waals surface area (Å²) < 4.78 is 0. The van der Waals surface area contributed by atoms with Crippen LogP contribution in [0.3, 0.4) is 0 Å². The summed E-state index contributed by atoms with van der Waals surface area (Å²) in [7, 11) is 0. The van der Waals surface area contributed by atoms with Crippen LogP contribution in [0.15, 0.2) is 17.1 Å². The van der Waals surface area contributed by atoms with Gasteiger partial charge in [-0.05, 0) is 0 Å². The lowest BCUT2D eigenvalue weighted by atomic mass is 9.96. The number of likely N-dealkylation sites (tertiary alicyclic amines) is 1. The molecule has 1 fully saturated rings. The van der Waals surface area contributed by atoms with Crippen LogP contribution in [-0.2, 0) is 0 Å². The summed E-state index contributed by atoms with van der Waals surface area (Å²) in [5, 5.41) is 11.9. The largest absolute Gasteiger partial charge is 0.336 e. The van der Waals surface area contributed by atoms with Crippen molar-refractivity contribution in [3.8, 4) is 0 Å². The molecule has 0 aromatic carbocycles. The lowest BCUT2D eigenvalue weighted by Crippen LogP contribution is -2.48. The van der Waals surface area contributed by atoms with Gasteiger partial charge in [0.25, 0.3) is 11.5 Å². The van der Waals surface area contributed by atoms with Crippen molar-refractivity contribution in [2.24, 2.45) is 0 Å². The first-order valence-corrected chi connectivity index (χ1v) is 5.78. The van der Waals surface area contributed by atoms with Gasteiger partial charge in [-0.1, -0.05) is 11.6 Å². The molecule has 3 N–H and O–H groups in total. The average Bonchev–Trinajstić information content (AvgIpc) is 2.85.